The van der Waals surface area contributed by atoms with Crippen molar-refractivity contribution in [1.29, 1.82) is 0 Å². The number of carboxylic acid groups (broad SMARTS) is 1. The average molecular weight is 245 g/mol. The topological polar surface area (TPSA) is 86.9 Å². The molecule has 0 radical (unpaired) electrons. The molecular formula is C11H23N3O3. The molecule has 17 heavy (non-hydrogen) atoms. The molecular weight excluding hydrogens is 222 g/mol. The number of carbonyl (C=O) groups is 2. The van der Waals surface area contributed by atoms with Crippen molar-refractivity contribution in [2.24, 2.45) is 5.73 Å². The van der Waals surface area contributed by atoms with Crippen LogP contribution in [0.1, 0.15) is 19.3 Å². The molecule has 0 bridgehead atoms. The van der Waals surface area contributed by atoms with E-state index in [0.717, 1.165) is 12.8 Å². The molecule has 0 rings (SSSR count). The van der Waals surface area contributed by atoms with Crippen molar-refractivity contribution in [3.63, 3.8) is 0 Å². The van der Waals surface area contributed by atoms with Crippen LogP contribution < -0.4 is 5.73 Å². The highest BCUT2D eigenvalue weighted by Crippen LogP contribution is 2.08. The fraction of sp³-hybridized carbons (Fsp3) is 0.818. The summed E-state index contributed by atoms with van der Waals surface area (Å²) in [4.78, 5) is 25.6. The van der Waals surface area contributed by atoms with E-state index in [4.69, 9.17) is 10.8 Å². The Balaban J connectivity index is 4.37. The molecule has 0 saturated heterocycles. The molecule has 6 heteroatoms. The SMILES string of the molecule is CN(CC(=O)O)C(=O)[C@H](CCCCN)N(C)C. The van der Waals surface area contributed by atoms with Crippen LogP contribution in [0.15, 0.2) is 0 Å². The normalized spacial score (nSPS) is 12.5. The minimum atomic E-state index is -1.000. The summed E-state index contributed by atoms with van der Waals surface area (Å²) in [6.45, 7) is 0.347. The van der Waals surface area contributed by atoms with Gasteiger partial charge in [-0.1, -0.05) is 6.42 Å². The molecule has 0 aromatic heterocycles. The minimum absolute atomic E-state index is 0.158. The quantitative estimate of drug-likeness (QED) is 0.568. The second-order valence-electron chi connectivity index (χ2n) is 4.35. The van der Waals surface area contributed by atoms with Gasteiger partial charge in [0.15, 0.2) is 0 Å². The first-order valence-corrected chi connectivity index (χ1v) is 5.73. The molecule has 0 aliphatic rings. The first-order valence-electron chi connectivity index (χ1n) is 5.73. The van der Waals surface area contributed by atoms with Gasteiger partial charge in [0.2, 0.25) is 5.91 Å². The minimum Gasteiger partial charge on any atom is -0.480 e. The van der Waals surface area contributed by atoms with Crippen LogP contribution in [0.2, 0.25) is 0 Å². The highest BCUT2D eigenvalue weighted by Gasteiger charge is 2.24. The van der Waals surface area contributed by atoms with Gasteiger partial charge in [-0.15, -0.1) is 0 Å². The number of unbranched alkanes of at least 4 members (excludes halogenated alkanes) is 1. The van der Waals surface area contributed by atoms with E-state index in [1.807, 2.05) is 19.0 Å². The lowest BCUT2D eigenvalue weighted by molar-refractivity contribution is -0.145. The predicted molar refractivity (Wildman–Crippen MR) is 65.7 cm³/mol. The van der Waals surface area contributed by atoms with Crippen molar-refractivity contribution in [2.75, 3.05) is 34.2 Å². The van der Waals surface area contributed by atoms with E-state index >= 15 is 0 Å². The third-order valence-corrected chi connectivity index (χ3v) is 2.59. The number of nitrogens with zero attached hydrogens (tertiary/aromatic N) is 2. The average Bonchev–Trinajstić information content (AvgIpc) is 2.22. The summed E-state index contributed by atoms with van der Waals surface area (Å²) in [7, 11) is 5.15. The maximum Gasteiger partial charge on any atom is 0.323 e. The van der Waals surface area contributed by atoms with Crippen LogP contribution in [0.5, 0.6) is 0 Å². The van der Waals surface area contributed by atoms with Crippen molar-refractivity contribution in [3.05, 3.63) is 0 Å². The lowest BCUT2D eigenvalue weighted by atomic mass is 10.1. The maximum atomic E-state index is 12.0. The van der Waals surface area contributed by atoms with E-state index in [1.165, 1.54) is 11.9 Å². The Kier molecular flexibility index (Phi) is 7.49. The van der Waals surface area contributed by atoms with E-state index < -0.39 is 5.97 Å². The van der Waals surface area contributed by atoms with Gasteiger partial charge in [0, 0.05) is 7.05 Å². The number of hydrogen-bond donors (Lipinski definition) is 2. The van der Waals surface area contributed by atoms with Crippen molar-refractivity contribution in [2.45, 2.75) is 25.3 Å². The number of likely N-dealkylation sites (N-methyl/N-ethyl adjacent to an activating group) is 2. The van der Waals surface area contributed by atoms with Crippen LogP contribution in [0.25, 0.3) is 0 Å². The highest BCUT2D eigenvalue weighted by atomic mass is 16.4. The van der Waals surface area contributed by atoms with E-state index in [9.17, 15) is 9.59 Å². The van der Waals surface area contributed by atoms with Crippen molar-refractivity contribution < 1.29 is 14.7 Å². The first-order chi connectivity index (χ1) is 7.90. The standard InChI is InChI=1S/C11H23N3O3/c1-13(2)9(6-4-5-7-12)11(17)14(3)8-10(15)16/h9H,4-8,12H2,1-3H3,(H,15,16)/t9-/m0/s1. The number of amides is 1. The van der Waals surface area contributed by atoms with Gasteiger partial charge in [0.25, 0.3) is 0 Å². The predicted octanol–water partition coefficient (Wildman–Crippen LogP) is -0.411. The Labute approximate surface area is 102 Å². The van der Waals surface area contributed by atoms with Crippen LogP contribution in [0.4, 0.5) is 0 Å². The van der Waals surface area contributed by atoms with Gasteiger partial charge in [-0.3, -0.25) is 14.5 Å². The van der Waals surface area contributed by atoms with Gasteiger partial charge in [0.05, 0.1) is 6.04 Å². The third-order valence-electron chi connectivity index (χ3n) is 2.59. The Hall–Kier alpha value is -1.14. The summed E-state index contributed by atoms with van der Waals surface area (Å²) >= 11 is 0. The molecule has 1 amide bonds. The van der Waals surface area contributed by atoms with Crippen LogP contribution in [-0.2, 0) is 9.59 Å². The molecule has 0 aliphatic carbocycles. The molecule has 0 saturated carbocycles. The van der Waals surface area contributed by atoms with Gasteiger partial charge < -0.3 is 15.7 Å². The Morgan fingerprint density at radius 1 is 1.24 bits per heavy atom. The second kappa shape index (κ2) is 8.03. The zero-order chi connectivity index (χ0) is 13.4. The van der Waals surface area contributed by atoms with E-state index in [0.29, 0.717) is 13.0 Å². The van der Waals surface area contributed by atoms with Crippen LogP contribution in [-0.4, -0.2) is 67.1 Å². The van der Waals surface area contributed by atoms with Gasteiger partial charge in [-0.05, 0) is 33.5 Å². The Bertz CT molecular complexity index is 256. The first kappa shape index (κ1) is 15.9. The summed E-state index contributed by atoms with van der Waals surface area (Å²) in [5, 5.41) is 8.64. The van der Waals surface area contributed by atoms with Gasteiger partial charge in [-0.2, -0.15) is 0 Å². The zero-order valence-electron chi connectivity index (χ0n) is 10.8. The number of hydrogen-bond acceptors (Lipinski definition) is 4. The number of nitrogens with two attached hydrogens (primary N) is 1. The molecule has 0 heterocycles. The van der Waals surface area contributed by atoms with Gasteiger partial charge >= 0.3 is 5.97 Å². The lowest BCUT2D eigenvalue weighted by Gasteiger charge is -2.27. The van der Waals surface area contributed by atoms with Crippen molar-refractivity contribution in [3.8, 4) is 0 Å². The molecule has 0 fully saturated rings. The van der Waals surface area contributed by atoms with E-state index in [1.54, 1.807) is 0 Å². The monoisotopic (exact) mass is 245 g/mol. The molecule has 0 aromatic rings. The van der Waals surface area contributed by atoms with Crippen molar-refractivity contribution >= 4 is 11.9 Å². The lowest BCUT2D eigenvalue weighted by Crippen LogP contribution is -2.46. The molecule has 1 atom stereocenters. The van der Waals surface area contributed by atoms with E-state index in [-0.39, 0.29) is 18.5 Å². The number of aliphatic carboxylic acids is 1. The van der Waals surface area contributed by atoms with Gasteiger partial charge in [0.1, 0.15) is 6.54 Å². The van der Waals surface area contributed by atoms with E-state index in [2.05, 4.69) is 0 Å². The second-order valence-corrected chi connectivity index (χ2v) is 4.35. The molecule has 0 unspecified atom stereocenters. The zero-order valence-corrected chi connectivity index (χ0v) is 10.8. The van der Waals surface area contributed by atoms with Crippen LogP contribution in [0, 0.1) is 0 Å². The number of carboxylic acids is 1. The van der Waals surface area contributed by atoms with Crippen molar-refractivity contribution in [1.82, 2.24) is 9.80 Å². The third kappa shape index (κ3) is 6.23. The summed E-state index contributed by atoms with van der Waals surface area (Å²) in [6.07, 6.45) is 2.44. The molecule has 100 valence electrons. The molecule has 3 N–H and O–H groups in total. The Morgan fingerprint density at radius 3 is 2.24 bits per heavy atom. The summed E-state index contributed by atoms with van der Waals surface area (Å²) in [5.74, 6) is -1.16. The van der Waals surface area contributed by atoms with Crippen LogP contribution in [0.3, 0.4) is 0 Å². The summed E-state index contributed by atoms with van der Waals surface area (Å²) < 4.78 is 0. The fourth-order valence-corrected chi connectivity index (χ4v) is 1.62. The number of rotatable bonds is 8. The molecule has 0 spiro atoms. The Morgan fingerprint density at radius 2 is 1.82 bits per heavy atom. The van der Waals surface area contributed by atoms with Crippen LogP contribution >= 0.6 is 0 Å². The van der Waals surface area contributed by atoms with Gasteiger partial charge in [-0.25, -0.2) is 0 Å². The number of carbonyl (C=O) groups excluding carboxylic acids is 1. The molecule has 6 nitrogen and oxygen atoms in total. The maximum absolute atomic E-state index is 12.0. The largest absolute Gasteiger partial charge is 0.480 e. The fourth-order valence-electron chi connectivity index (χ4n) is 1.62. The molecule has 0 aliphatic heterocycles. The summed E-state index contributed by atoms with van der Waals surface area (Å²) in [5.41, 5.74) is 5.41. The summed E-state index contributed by atoms with van der Waals surface area (Å²) in [6, 6.07) is -0.272. The highest BCUT2D eigenvalue weighted by molar-refractivity contribution is 5.85. The smallest absolute Gasteiger partial charge is 0.323 e. The molecule has 0 aromatic carbocycles.